The quantitative estimate of drug-likeness (QED) is 0.390. The van der Waals surface area contributed by atoms with Crippen molar-refractivity contribution in [3.05, 3.63) is 65.6 Å². The number of nitrogens with zero attached hydrogens (tertiary/aromatic N) is 3. The lowest BCUT2D eigenvalue weighted by molar-refractivity contribution is 0.102. The zero-order valence-corrected chi connectivity index (χ0v) is 16.7. The zero-order chi connectivity index (χ0) is 19.7. The molecule has 28 heavy (non-hydrogen) atoms. The monoisotopic (exact) mass is 392 g/mol. The molecule has 3 heterocycles. The van der Waals surface area contributed by atoms with Gasteiger partial charge in [0.25, 0.3) is 0 Å². The van der Waals surface area contributed by atoms with Crippen LogP contribution in [0.15, 0.2) is 53.8 Å². The van der Waals surface area contributed by atoms with Gasteiger partial charge in [0, 0.05) is 29.2 Å². The minimum Gasteiger partial charge on any atom is -0.497 e. The number of benzene rings is 1. The van der Waals surface area contributed by atoms with Gasteiger partial charge in [-0.3, -0.25) is 4.79 Å². The molecule has 142 valence electrons. The molecule has 1 N–H and O–H groups in total. The van der Waals surface area contributed by atoms with Gasteiger partial charge in [-0.05, 0) is 44.2 Å². The number of rotatable bonds is 6. The standard InChI is InChI=1S/C21H20N4O2S/c1-13-10-16(14(2)25(13)20-6-4-5-9-22-20)19(26)12-28-21-23-17-8-7-15(27-3)11-18(17)24-21/h4-11H,12H2,1-3H3,(H,23,24). The molecule has 0 saturated carbocycles. The number of fused-ring (bicyclic) bond motifs is 1. The Hall–Kier alpha value is -3.06. The summed E-state index contributed by atoms with van der Waals surface area (Å²) in [5.74, 6) is 1.96. The molecule has 0 fully saturated rings. The first-order chi connectivity index (χ1) is 13.6. The fraction of sp³-hybridized carbons (Fsp3) is 0.190. The van der Waals surface area contributed by atoms with Crippen LogP contribution in [0, 0.1) is 13.8 Å². The third kappa shape index (κ3) is 3.41. The average Bonchev–Trinajstić information content (AvgIpc) is 3.26. The molecular formula is C21H20N4O2S. The summed E-state index contributed by atoms with van der Waals surface area (Å²) in [6.45, 7) is 3.94. The molecule has 0 spiro atoms. The first kappa shape index (κ1) is 18.3. The maximum absolute atomic E-state index is 12.8. The number of pyridine rings is 1. The van der Waals surface area contributed by atoms with Crippen molar-refractivity contribution in [3.8, 4) is 11.6 Å². The van der Waals surface area contributed by atoms with Crippen molar-refractivity contribution in [2.75, 3.05) is 12.9 Å². The van der Waals surface area contributed by atoms with Crippen LogP contribution in [-0.4, -0.2) is 38.2 Å². The number of imidazole rings is 1. The molecule has 0 atom stereocenters. The molecule has 0 aliphatic heterocycles. The van der Waals surface area contributed by atoms with Crippen molar-refractivity contribution in [1.82, 2.24) is 19.5 Å². The number of hydrogen-bond donors (Lipinski definition) is 1. The van der Waals surface area contributed by atoms with Crippen LogP contribution in [0.4, 0.5) is 0 Å². The second kappa shape index (κ2) is 7.52. The van der Waals surface area contributed by atoms with Crippen LogP contribution in [0.5, 0.6) is 5.75 Å². The lowest BCUT2D eigenvalue weighted by atomic mass is 10.2. The van der Waals surface area contributed by atoms with Gasteiger partial charge in [-0.1, -0.05) is 17.8 Å². The van der Waals surface area contributed by atoms with Gasteiger partial charge >= 0.3 is 0 Å². The highest BCUT2D eigenvalue weighted by molar-refractivity contribution is 7.99. The molecule has 0 aliphatic carbocycles. The lowest BCUT2D eigenvalue weighted by Crippen LogP contribution is -2.06. The molecule has 6 nitrogen and oxygen atoms in total. The molecule has 1 aromatic carbocycles. The largest absolute Gasteiger partial charge is 0.497 e. The number of carbonyl (C=O) groups excluding carboxylic acids is 1. The summed E-state index contributed by atoms with van der Waals surface area (Å²) in [5, 5.41) is 0.718. The fourth-order valence-corrected chi connectivity index (χ4v) is 4.02. The molecule has 0 aliphatic rings. The van der Waals surface area contributed by atoms with Gasteiger partial charge in [-0.15, -0.1) is 0 Å². The Morgan fingerprint density at radius 3 is 2.82 bits per heavy atom. The molecule has 4 aromatic rings. The number of aryl methyl sites for hydroxylation is 1. The van der Waals surface area contributed by atoms with Gasteiger partial charge in [-0.2, -0.15) is 0 Å². The number of aromatic nitrogens is 4. The summed E-state index contributed by atoms with van der Waals surface area (Å²) in [4.78, 5) is 25.0. The van der Waals surface area contributed by atoms with E-state index in [1.54, 1.807) is 13.3 Å². The van der Waals surface area contributed by atoms with Crippen molar-refractivity contribution >= 4 is 28.6 Å². The number of hydrogen-bond acceptors (Lipinski definition) is 5. The summed E-state index contributed by atoms with van der Waals surface area (Å²) in [7, 11) is 1.63. The van der Waals surface area contributed by atoms with Gasteiger partial charge < -0.3 is 14.3 Å². The SMILES string of the molecule is COc1ccc2nc(SCC(=O)c3cc(C)n(-c4ccccn4)c3C)[nH]c2c1. The Morgan fingerprint density at radius 2 is 2.07 bits per heavy atom. The highest BCUT2D eigenvalue weighted by atomic mass is 32.2. The highest BCUT2D eigenvalue weighted by Crippen LogP contribution is 2.25. The topological polar surface area (TPSA) is 72.8 Å². The minimum atomic E-state index is 0.0679. The normalized spacial score (nSPS) is 11.1. The van der Waals surface area contributed by atoms with E-state index in [0.717, 1.165) is 39.1 Å². The smallest absolute Gasteiger partial charge is 0.175 e. The number of nitrogens with one attached hydrogen (secondary N) is 1. The van der Waals surface area contributed by atoms with E-state index in [9.17, 15) is 4.79 Å². The maximum Gasteiger partial charge on any atom is 0.175 e. The summed E-state index contributed by atoms with van der Waals surface area (Å²) >= 11 is 1.40. The van der Waals surface area contributed by atoms with E-state index >= 15 is 0 Å². The summed E-state index contributed by atoms with van der Waals surface area (Å²) < 4.78 is 7.24. The first-order valence-electron chi connectivity index (χ1n) is 8.87. The zero-order valence-electron chi connectivity index (χ0n) is 15.9. The number of ketones is 1. The average molecular weight is 392 g/mol. The minimum absolute atomic E-state index is 0.0679. The second-order valence-electron chi connectivity index (χ2n) is 6.45. The molecular weight excluding hydrogens is 372 g/mol. The Balaban J connectivity index is 1.53. The molecule has 7 heteroatoms. The number of thioether (sulfide) groups is 1. The summed E-state index contributed by atoms with van der Waals surface area (Å²) in [6.07, 6.45) is 1.75. The predicted octanol–water partition coefficient (Wildman–Crippen LogP) is 4.35. The number of H-pyrrole nitrogens is 1. The van der Waals surface area contributed by atoms with Crippen molar-refractivity contribution in [1.29, 1.82) is 0 Å². The molecule has 3 aromatic heterocycles. The summed E-state index contributed by atoms with van der Waals surface area (Å²) in [5.41, 5.74) is 4.34. The van der Waals surface area contributed by atoms with Crippen LogP contribution in [0.1, 0.15) is 21.7 Å². The van der Waals surface area contributed by atoms with Crippen LogP contribution in [0.25, 0.3) is 16.9 Å². The number of Topliss-reactive ketones (excluding diaryl/α,β-unsaturated/α-hetero) is 1. The van der Waals surface area contributed by atoms with E-state index < -0.39 is 0 Å². The van der Waals surface area contributed by atoms with Crippen molar-refractivity contribution in [2.24, 2.45) is 0 Å². The van der Waals surface area contributed by atoms with Crippen molar-refractivity contribution < 1.29 is 9.53 Å². The van der Waals surface area contributed by atoms with E-state index in [4.69, 9.17) is 4.74 Å². The van der Waals surface area contributed by atoms with Gasteiger partial charge in [-0.25, -0.2) is 9.97 Å². The number of carbonyl (C=O) groups is 1. The Labute approximate surface area is 167 Å². The van der Waals surface area contributed by atoms with Gasteiger partial charge in [0.1, 0.15) is 11.6 Å². The predicted molar refractivity (Wildman–Crippen MR) is 111 cm³/mol. The van der Waals surface area contributed by atoms with Crippen LogP contribution < -0.4 is 4.74 Å². The van der Waals surface area contributed by atoms with E-state index in [1.807, 2.05) is 60.9 Å². The lowest BCUT2D eigenvalue weighted by Gasteiger charge is -2.08. The number of methoxy groups -OCH3 is 1. The molecule has 0 bridgehead atoms. The van der Waals surface area contributed by atoms with Crippen molar-refractivity contribution in [2.45, 2.75) is 19.0 Å². The van der Waals surface area contributed by atoms with E-state index in [2.05, 4.69) is 15.0 Å². The Kier molecular flexibility index (Phi) is 4.92. The Bertz CT molecular complexity index is 1150. The van der Waals surface area contributed by atoms with E-state index in [0.29, 0.717) is 11.3 Å². The van der Waals surface area contributed by atoms with Gasteiger partial charge in [0.2, 0.25) is 0 Å². The third-order valence-corrected chi connectivity index (χ3v) is 5.49. The molecule has 0 unspecified atom stereocenters. The molecule has 4 rings (SSSR count). The van der Waals surface area contributed by atoms with Crippen LogP contribution in [0.2, 0.25) is 0 Å². The van der Waals surface area contributed by atoms with E-state index in [-0.39, 0.29) is 5.78 Å². The fourth-order valence-electron chi connectivity index (χ4n) is 3.26. The van der Waals surface area contributed by atoms with Gasteiger partial charge in [0.05, 0.1) is 23.9 Å². The van der Waals surface area contributed by atoms with Crippen LogP contribution in [-0.2, 0) is 0 Å². The highest BCUT2D eigenvalue weighted by Gasteiger charge is 2.18. The Morgan fingerprint density at radius 1 is 1.21 bits per heavy atom. The number of ether oxygens (including phenoxy) is 1. The second-order valence-corrected chi connectivity index (χ2v) is 7.41. The third-order valence-electron chi connectivity index (χ3n) is 4.62. The number of aromatic amines is 1. The maximum atomic E-state index is 12.8. The van der Waals surface area contributed by atoms with Gasteiger partial charge in [0.15, 0.2) is 10.9 Å². The molecule has 0 amide bonds. The molecule has 0 radical (unpaired) electrons. The summed E-state index contributed by atoms with van der Waals surface area (Å²) in [6, 6.07) is 13.3. The van der Waals surface area contributed by atoms with Crippen LogP contribution >= 0.6 is 11.8 Å². The first-order valence-corrected chi connectivity index (χ1v) is 9.85. The van der Waals surface area contributed by atoms with E-state index in [1.165, 1.54) is 11.8 Å². The van der Waals surface area contributed by atoms with Crippen molar-refractivity contribution in [3.63, 3.8) is 0 Å². The van der Waals surface area contributed by atoms with Crippen LogP contribution in [0.3, 0.4) is 0 Å². The molecule has 0 saturated heterocycles.